The quantitative estimate of drug-likeness (QED) is 0.0421. The molecule has 0 bridgehead atoms. The highest BCUT2D eigenvalue weighted by molar-refractivity contribution is 5.76. The Balaban J connectivity index is 3.65. The summed E-state index contributed by atoms with van der Waals surface area (Å²) in [5.74, 6) is -0.0883. The second kappa shape index (κ2) is 54.4. The van der Waals surface area contributed by atoms with Gasteiger partial charge in [-0.3, -0.25) is 4.79 Å². The minimum atomic E-state index is -0.876. The molecule has 1 amide bonds. The van der Waals surface area contributed by atoms with Crippen LogP contribution >= 0.6 is 0 Å². The topological polar surface area (TPSA) is 69.6 Å². The van der Waals surface area contributed by atoms with E-state index in [-0.39, 0.29) is 12.5 Å². The van der Waals surface area contributed by atoms with Crippen LogP contribution in [0.5, 0.6) is 0 Å². The lowest BCUT2D eigenvalue weighted by atomic mass is 10.0. The van der Waals surface area contributed by atoms with Crippen LogP contribution in [0.2, 0.25) is 0 Å². The van der Waals surface area contributed by atoms with Crippen LogP contribution in [0, 0.1) is 0 Å². The van der Waals surface area contributed by atoms with Crippen LogP contribution < -0.4 is 5.32 Å². The number of unbranched alkanes of at least 4 members (excludes halogenated alkanes) is 25. The number of aliphatic hydroxyl groups is 2. The van der Waals surface area contributed by atoms with Gasteiger partial charge in [-0.2, -0.15) is 0 Å². The summed E-state index contributed by atoms with van der Waals surface area (Å²) >= 11 is 0. The normalized spacial score (nSPS) is 13.8. The van der Waals surface area contributed by atoms with Crippen molar-refractivity contribution >= 4 is 5.91 Å². The fraction of sp³-hybridized carbons (Fsp3) is 0.683. The number of amides is 1. The zero-order chi connectivity index (χ0) is 46.3. The second-order valence-corrected chi connectivity index (χ2v) is 17.9. The van der Waals surface area contributed by atoms with Crippen LogP contribution in [0.4, 0.5) is 0 Å². The lowest BCUT2D eigenvalue weighted by molar-refractivity contribution is -0.123. The first-order valence-electron chi connectivity index (χ1n) is 27.1. The van der Waals surface area contributed by atoms with Crippen LogP contribution in [0.15, 0.2) is 109 Å². The summed E-state index contributed by atoms with van der Waals surface area (Å²) in [4.78, 5) is 12.5. The molecule has 0 aromatic heterocycles. The molecule has 0 aliphatic heterocycles. The third-order valence-corrected chi connectivity index (χ3v) is 11.7. The number of rotatable bonds is 48. The molecule has 366 valence electrons. The standard InChI is InChI=1S/C60H103NO3/c1-3-5-7-9-11-13-15-17-19-21-23-25-27-28-29-30-31-32-34-36-38-40-42-44-46-48-50-52-54-56-60(64)61-58(57-62)59(63)55-53-51-49-47-45-43-41-39-37-35-33-26-24-22-20-18-16-14-12-10-8-6-4-2/h5,7,11,13,17,19,23,25,28-29,31-32,36,38,45,47,53,55,58-59,62-63H,3-4,6,8-10,12,14-16,18,20-22,24,26-27,30,33-35,37,39-44,46,48-52,54,56-57H2,1-2H3,(H,61,64)/b7-5-,13-11-,19-17-,25-23-,29-28-,32-31-,38-36-,47-45+,55-53+. The van der Waals surface area contributed by atoms with Crippen molar-refractivity contribution < 1.29 is 15.0 Å². The Morgan fingerprint density at radius 2 is 0.703 bits per heavy atom. The number of nitrogens with one attached hydrogen (secondary N) is 1. The molecule has 0 heterocycles. The minimum absolute atomic E-state index is 0.0883. The van der Waals surface area contributed by atoms with Gasteiger partial charge in [0.2, 0.25) is 5.91 Å². The van der Waals surface area contributed by atoms with Gasteiger partial charge in [-0.05, 0) is 89.9 Å². The maximum atomic E-state index is 12.5. The summed E-state index contributed by atoms with van der Waals surface area (Å²) < 4.78 is 0. The number of aliphatic hydroxyl groups excluding tert-OH is 2. The Bertz CT molecular complexity index is 1230. The molecule has 0 rings (SSSR count). The van der Waals surface area contributed by atoms with Crippen LogP contribution in [-0.2, 0) is 4.79 Å². The monoisotopic (exact) mass is 886 g/mol. The van der Waals surface area contributed by atoms with E-state index < -0.39 is 12.1 Å². The van der Waals surface area contributed by atoms with Crippen LogP contribution in [0.25, 0.3) is 0 Å². The van der Waals surface area contributed by atoms with E-state index in [1.54, 1.807) is 6.08 Å². The highest BCUT2D eigenvalue weighted by atomic mass is 16.3. The molecule has 0 aromatic rings. The molecule has 0 saturated carbocycles. The molecule has 4 heteroatoms. The average Bonchev–Trinajstić information content (AvgIpc) is 3.30. The Hall–Kier alpha value is -2.95. The number of hydrogen-bond donors (Lipinski definition) is 3. The first-order chi connectivity index (χ1) is 31.7. The van der Waals surface area contributed by atoms with Gasteiger partial charge in [0.05, 0.1) is 18.8 Å². The van der Waals surface area contributed by atoms with Crippen molar-refractivity contribution in [2.45, 2.75) is 257 Å². The lowest BCUT2D eigenvalue weighted by Crippen LogP contribution is -2.45. The van der Waals surface area contributed by atoms with E-state index in [0.717, 1.165) is 89.9 Å². The Kier molecular flexibility index (Phi) is 51.9. The molecule has 0 aromatic carbocycles. The van der Waals surface area contributed by atoms with E-state index in [2.05, 4.69) is 116 Å². The van der Waals surface area contributed by atoms with Gasteiger partial charge in [0.15, 0.2) is 0 Å². The lowest BCUT2D eigenvalue weighted by Gasteiger charge is -2.19. The zero-order valence-electron chi connectivity index (χ0n) is 42.0. The summed E-state index contributed by atoms with van der Waals surface area (Å²) in [6, 6.07) is -0.654. The first kappa shape index (κ1) is 61.0. The van der Waals surface area contributed by atoms with Gasteiger partial charge in [0.1, 0.15) is 0 Å². The smallest absolute Gasteiger partial charge is 0.220 e. The van der Waals surface area contributed by atoms with Crippen LogP contribution in [0.3, 0.4) is 0 Å². The van der Waals surface area contributed by atoms with Crippen molar-refractivity contribution in [2.75, 3.05) is 6.61 Å². The summed E-state index contributed by atoms with van der Waals surface area (Å²) in [6.07, 6.45) is 82.3. The maximum absolute atomic E-state index is 12.5. The summed E-state index contributed by atoms with van der Waals surface area (Å²) in [6.45, 7) is 4.18. The average molecular weight is 886 g/mol. The van der Waals surface area contributed by atoms with E-state index in [1.807, 2.05) is 6.08 Å². The largest absolute Gasteiger partial charge is 0.394 e. The fourth-order valence-electron chi connectivity index (χ4n) is 7.65. The number of carbonyl (C=O) groups excluding carboxylic acids is 1. The van der Waals surface area contributed by atoms with Crippen molar-refractivity contribution in [1.82, 2.24) is 5.32 Å². The summed E-state index contributed by atoms with van der Waals surface area (Å²) in [5, 5.41) is 23.1. The van der Waals surface area contributed by atoms with Gasteiger partial charge in [0.25, 0.3) is 0 Å². The zero-order valence-corrected chi connectivity index (χ0v) is 42.0. The third-order valence-electron chi connectivity index (χ3n) is 11.7. The van der Waals surface area contributed by atoms with Crippen molar-refractivity contribution in [1.29, 1.82) is 0 Å². The molecule has 64 heavy (non-hydrogen) atoms. The van der Waals surface area contributed by atoms with Crippen LogP contribution in [-0.4, -0.2) is 34.9 Å². The van der Waals surface area contributed by atoms with E-state index >= 15 is 0 Å². The molecule has 0 fully saturated rings. The molecule has 3 N–H and O–H groups in total. The molecule has 0 radical (unpaired) electrons. The maximum Gasteiger partial charge on any atom is 0.220 e. The molecule has 0 saturated heterocycles. The van der Waals surface area contributed by atoms with Gasteiger partial charge >= 0.3 is 0 Å². The van der Waals surface area contributed by atoms with Gasteiger partial charge in [0, 0.05) is 6.42 Å². The first-order valence-corrected chi connectivity index (χ1v) is 27.1. The summed E-state index contributed by atoms with van der Waals surface area (Å²) in [7, 11) is 0. The molecular formula is C60H103NO3. The molecule has 0 spiro atoms. The SMILES string of the molecule is CC/C=C\C/C=C\C/C=C\C/C=C\C/C=C\C/C=C\C/C=C\CCCCCCCCCC(=O)NC(CO)C(O)/C=C/CC/C=C/CCCCCCCCCCCCCCCCCCC. The molecule has 0 aliphatic rings. The number of allylic oxidation sites excluding steroid dienone is 17. The van der Waals surface area contributed by atoms with Crippen molar-refractivity contribution in [3.05, 3.63) is 109 Å². The van der Waals surface area contributed by atoms with Crippen LogP contribution in [0.1, 0.15) is 245 Å². The van der Waals surface area contributed by atoms with Crippen molar-refractivity contribution in [3.8, 4) is 0 Å². The van der Waals surface area contributed by atoms with Gasteiger partial charge in [-0.25, -0.2) is 0 Å². The Morgan fingerprint density at radius 1 is 0.391 bits per heavy atom. The second-order valence-electron chi connectivity index (χ2n) is 17.9. The molecular weight excluding hydrogens is 783 g/mol. The van der Waals surface area contributed by atoms with Gasteiger partial charge in [-0.15, -0.1) is 0 Å². The molecule has 4 nitrogen and oxygen atoms in total. The highest BCUT2D eigenvalue weighted by Crippen LogP contribution is 2.15. The minimum Gasteiger partial charge on any atom is -0.394 e. The van der Waals surface area contributed by atoms with Gasteiger partial charge in [-0.1, -0.05) is 258 Å². The van der Waals surface area contributed by atoms with E-state index in [1.165, 1.54) is 135 Å². The van der Waals surface area contributed by atoms with E-state index in [9.17, 15) is 15.0 Å². The predicted molar refractivity (Wildman–Crippen MR) is 285 cm³/mol. The van der Waals surface area contributed by atoms with Crippen molar-refractivity contribution in [2.24, 2.45) is 0 Å². The summed E-state index contributed by atoms with van der Waals surface area (Å²) in [5.41, 5.74) is 0. The molecule has 2 unspecified atom stereocenters. The Labute approximate surface area is 397 Å². The van der Waals surface area contributed by atoms with Gasteiger partial charge < -0.3 is 15.5 Å². The Morgan fingerprint density at radius 3 is 1.09 bits per heavy atom. The number of hydrogen-bond acceptors (Lipinski definition) is 3. The fourth-order valence-corrected chi connectivity index (χ4v) is 7.65. The molecule has 0 aliphatic carbocycles. The van der Waals surface area contributed by atoms with E-state index in [4.69, 9.17) is 0 Å². The number of carbonyl (C=O) groups is 1. The highest BCUT2D eigenvalue weighted by Gasteiger charge is 2.17. The predicted octanol–water partition coefficient (Wildman–Crippen LogP) is 17.9. The molecule has 2 atom stereocenters. The van der Waals surface area contributed by atoms with Crippen molar-refractivity contribution in [3.63, 3.8) is 0 Å². The van der Waals surface area contributed by atoms with E-state index in [0.29, 0.717) is 6.42 Å². The third kappa shape index (κ3) is 50.1.